The van der Waals surface area contributed by atoms with Gasteiger partial charge < -0.3 is 4.90 Å². The Hall–Kier alpha value is -0.410. The number of carbonyl (C=O) groups excluding carboxylic acids is 1. The summed E-state index contributed by atoms with van der Waals surface area (Å²) in [5.41, 5.74) is 0. The second-order valence-electron chi connectivity index (χ2n) is 4.82. The van der Waals surface area contributed by atoms with Crippen molar-refractivity contribution < 1.29 is 4.79 Å². The molecule has 0 spiro atoms. The largest absolute Gasteiger partial charge is 0.304 e. The molecule has 0 radical (unpaired) electrons. The molecule has 0 aromatic carbocycles. The van der Waals surface area contributed by atoms with Crippen LogP contribution in [-0.4, -0.2) is 55.4 Å². The average molecular weight is 212 g/mol. The molecule has 2 atom stereocenters. The summed E-state index contributed by atoms with van der Waals surface area (Å²) >= 11 is 0. The van der Waals surface area contributed by atoms with Crippen LogP contribution < -0.4 is 0 Å². The zero-order chi connectivity index (χ0) is 11.4. The molecule has 0 bridgehead atoms. The second-order valence-corrected chi connectivity index (χ2v) is 4.82. The summed E-state index contributed by atoms with van der Waals surface area (Å²) in [7, 11) is 4.18. The average Bonchev–Trinajstić information content (AvgIpc) is 2.38. The van der Waals surface area contributed by atoms with Gasteiger partial charge in [-0.2, -0.15) is 0 Å². The normalized spacial score (nSPS) is 27.3. The fraction of sp³-hybridized carbons (Fsp3) is 0.917. The van der Waals surface area contributed by atoms with Crippen molar-refractivity contribution >= 4 is 5.78 Å². The molecule has 15 heavy (non-hydrogen) atoms. The van der Waals surface area contributed by atoms with E-state index in [0.29, 0.717) is 5.78 Å². The van der Waals surface area contributed by atoms with Gasteiger partial charge in [-0.1, -0.05) is 13.8 Å². The monoisotopic (exact) mass is 212 g/mol. The summed E-state index contributed by atoms with van der Waals surface area (Å²) < 4.78 is 0. The van der Waals surface area contributed by atoms with Gasteiger partial charge in [-0.05, 0) is 40.0 Å². The Balaban J connectivity index is 2.67. The lowest BCUT2D eigenvalue weighted by atomic mass is 9.96. The van der Waals surface area contributed by atoms with Crippen LogP contribution in [0.25, 0.3) is 0 Å². The van der Waals surface area contributed by atoms with Crippen LogP contribution in [0, 0.1) is 5.92 Å². The molecule has 1 aliphatic rings. The van der Waals surface area contributed by atoms with E-state index in [2.05, 4.69) is 30.8 Å². The fourth-order valence-electron chi connectivity index (χ4n) is 2.11. The van der Waals surface area contributed by atoms with Crippen LogP contribution >= 0.6 is 0 Å². The minimum atomic E-state index is 0.104. The van der Waals surface area contributed by atoms with E-state index >= 15 is 0 Å². The zero-order valence-corrected chi connectivity index (χ0v) is 10.5. The van der Waals surface area contributed by atoms with Crippen LogP contribution in [0.3, 0.4) is 0 Å². The van der Waals surface area contributed by atoms with E-state index in [1.165, 1.54) is 0 Å². The van der Waals surface area contributed by atoms with Crippen molar-refractivity contribution in [2.75, 3.05) is 33.7 Å². The third-order valence-electron chi connectivity index (χ3n) is 3.49. The van der Waals surface area contributed by atoms with Crippen LogP contribution in [0.1, 0.15) is 26.7 Å². The van der Waals surface area contributed by atoms with Crippen LogP contribution in [0.15, 0.2) is 0 Å². The van der Waals surface area contributed by atoms with Gasteiger partial charge in [0.2, 0.25) is 0 Å². The highest BCUT2D eigenvalue weighted by Gasteiger charge is 2.29. The van der Waals surface area contributed by atoms with Crippen LogP contribution in [0.2, 0.25) is 0 Å². The highest BCUT2D eigenvalue weighted by atomic mass is 16.1. The third kappa shape index (κ3) is 3.28. The van der Waals surface area contributed by atoms with E-state index in [1.807, 2.05) is 6.92 Å². The molecule has 1 aliphatic heterocycles. The minimum absolute atomic E-state index is 0.104. The maximum absolute atomic E-state index is 12.2. The van der Waals surface area contributed by atoms with E-state index in [9.17, 15) is 4.79 Å². The van der Waals surface area contributed by atoms with Crippen molar-refractivity contribution in [1.29, 1.82) is 0 Å². The number of carbonyl (C=O) groups is 1. The summed E-state index contributed by atoms with van der Waals surface area (Å²) in [6, 6.07) is 0.104. The van der Waals surface area contributed by atoms with Crippen molar-refractivity contribution in [2.45, 2.75) is 32.7 Å². The van der Waals surface area contributed by atoms with E-state index < -0.39 is 0 Å². The number of Topliss-reactive ketones (excluding diaryl/α,β-unsaturated/α-hetero) is 1. The van der Waals surface area contributed by atoms with Gasteiger partial charge in [0.1, 0.15) is 0 Å². The van der Waals surface area contributed by atoms with Gasteiger partial charge in [0.25, 0.3) is 0 Å². The summed E-state index contributed by atoms with van der Waals surface area (Å²) in [6.07, 6.45) is 2.12. The predicted octanol–water partition coefficient (Wildman–Crippen LogP) is 1.24. The lowest BCUT2D eigenvalue weighted by Crippen LogP contribution is -2.45. The highest BCUT2D eigenvalue weighted by molar-refractivity contribution is 5.86. The maximum atomic E-state index is 12.2. The first-order valence-electron chi connectivity index (χ1n) is 5.98. The fourth-order valence-corrected chi connectivity index (χ4v) is 2.11. The quantitative estimate of drug-likeness (QED) is 0.703. The number of likely N-dealkylation sites (N-methyl/N-ethyl adjacent to an activating group) is 2. The minimum Gasteiger partial charge on any atom is -0.304 e. The first-order chi connectivity index (χ1) is 7.06. The Morgan fingerprint density at radius 2 is 2.07 bits per heavy atom. The Morgan fingerprint density at radius 3 is 2.67 bits per heavy atom. The van der Waals surface area contributed by atoms with E-state index in [0.717, 1.165) is 32.5 Å². The molecule has 88 valence electrons. The molecule has 2 unspecified atom stereocenters. The molecule has 0 saturated carbocycles. The number of ketones is 1. The highest BCUT2D eigenvalue weighted by Crippen LogP contribution is 2.13. The summed E-state index contributed by atoms with van der Waals surface area (Å²) in [5.74, 6) is 0.609. The topological polar surface area (TPSA) is 23.6 Å². The standard InChI is InChI=1S/C12H24N2O/c1-5-10(2)12(15)11-9-13(3)7-6-8-14(11)4/h10-11H,5-9H2,1-4H3. The van der Waals surface area contributed by atoms with Crippen molar-refractivity contribution in [3.8, 4) is 0 Å². The third-order valence-corrected chi connectivity index (χ3v) is 3.49. The van der Waals surface area contributed by atoms with Crippen molar-refractivity contribution in [2.24, 2.45) is 5.92 Å². The molecule has 0 amide bonds. The molecule has 0 aromatic heterocycles. The van der Waals surface area contributed by atoms with Crippen molar-refractivity contribution in [1.82, 2.24) is 9.80 Å². The van der Waals surface area contributed by atoms with Gasteiger partial charge in [0.15, 0.2) is 5.78 Å². The molecule has 0 aliphatic carbocycles. The van der Waals surface area contributed by atoms with Gasteiger partial charge in [0, 0.05) is 12.5 Å². The first-order valence-corrected chi connectivity index (χ1v) is 5.98. The number of hydrogen-bond acceptors (Lipinski definition) is 3. The Labute approximate surface area is 93.4 Å². The molecular formula is C12H24N2O. The number of nitrogens with zero attached hydrogens (tertiary/aromatic N) is 2. The first kappa shape index (κ1) is 12.7. The van der Waals surface area contributed by atoms with E-state index in [-0.39, 0.29) is 12.0 Å². The van der Waals surface area contributed by atoms with Crippen LogP contribution in [0.5, 0.6) is 0 Å². The zero-order valence-electron chi connectivity index (χ0n) is 10.5. The Morgan fingerprint density at radius 1 is 1.40 bits per heavy atom. The van der Waals surface area contributed by atoms with Crippen molar-refractivity contribution in [3.05, 3.63) is 0 Å². The molecular weight excluding hydrogens is 188 g/mol. The van der Waals surface area contributed by atoms with Gasteiger partial charge in [-0.25, -0.2) is 0 Å². The summed E-state index contributed by atoms with van der Waals surface area (Å²) in [5, 5.41) is 0. The van der Waals surface area contributed by atoms with Gasteiger partial charge >= 0.3 is 0 Å². The van der Waals surface area contributed by atoms with Crippen molar-refractivity contribution in [3.63, 3.8) is 0 Å². The number of hydrogen-bond donors (Lipinski definition) is 0. The van der Waals surface area contributed by atoms with Crippen LogP contribution in [0.4, 0.5) is 0 Å². The van der Waals surface area contributed by atoms with E-state index in [4.69, 9.17) is 0 Å². The molecule has 1 heterocycles. The molecule has 0 aromatic rings. The molecule has 1 rings (SSSR count). The summed E-state index contributed by atoms with van der Waals surface area (Å²) in [6.45, 7) is 7.16. The van der Waals surface area contributed by atoms with Gasteiger partial charge in [0.05, 0.1) is 6.04 Å². The molecule has 3 heteroatoms. The molecule has 1 fully saturated rings. The maximum Gasteiger partial charge on any atom is 0.154 e. The second kappa shape index (κ2) is 5.61. The van der Waals surface area contributed by atoms with Gasteiger partial charge in [-0.3, -0.25) is 9.69 Å². The van der Waals surface area contributed by atoms with E-state index in [1.54, 1.807) is 0 Å². The lowest BCUT2D eigenvalue weighted by molar-refractivity contribution is -0.127. The Kier molecular flexibility index (Phi) is 4.74. The molecule has 0 N–H and O–H groups in total. The predicted molar refractivity (Wildman–Crippen MR) is 63.0 cm³/mol. The molecule has 1 saturated heterocycles. The lowest BCUT2D eigenvalue weighted by Gasteiger charge is -2.28. The van der Waals surface area contributed by atoms with Crippen LogP contribution in [-0.2, 0) is 4.79 Å². The van der Waals surface area contributed by atoms with Gasteiger partial charge in [-0.15, -0.1) is 0 Å². The summed E-state index contributed by atoms with van der Waals surface area (Å²) in [4.78, 5) is 16.7. The molecule has 3 nitrogen and oxygen atoms in total. The SMILES string of the molecule is CCC(C)C(=O)C1CN(C)CCCN1C. The smallest absolute Gasteiger partial charge is 0.154 e. The number of rotatable bonds is 3. The Bertz CT molecular complexity index is 218.